The molecule has 0 bridgehead atoms. The molecule has 8 nitrogen and oxygen atoms in total. The fourth-order valence-electron chi connectivity index (χ4n) is 1.65. The van der Waals surface area contributed by atoms with E-state index in [1.807, 2.05) is 0 Å². The van der Waals surface area contributed by atoms with Crippen molar-refractivity contribution >= 4 is 69.9 Å². The van der Waals surface area contributed by atoms with Crippen LogP contribution in [0.4, 0.5) is 11.4 Å². The van der Waals surface area contributed by atoms with Crippen molar-refractivity contribution in [1.29, 1.82) is 0 Å². The van der Waals surface area contributed by atoms with Crippen LogP contribution in [-0.4, -0.2) is 22.0 Å². The number of aromatic nitrogens is 1. The highest BCUT2D eigenvalue weighted by atomic mass is 35.5. The summed E-state index contributed by atoms with van der Waals surface area (Å²) in [6.07, 6.45) is 1.18. The van der Waals surface area contributed by atoms with Crippen molar-refractivity contribution in [2.24, 2.45) is 5.10 Å². The zero-order valence-corrected chi connectivity index (χ0v) is 15.0. The summed E-state index contributed by atoms with van der Waals surface area (Å²) in [4.78, 5) is 26.0. The summed E-state index contributed by atoms with van der Waals surface area (Å²) in [5.41, 5.74) is 7.45. The predicted octanol–water partition coefficient (Wildman–Crippen LogP) is 3.95. The zero-order valence-electron chi connectivity index (χ0n) is 12.0. The van der Waals surface area contributed by atoms with E-state index < -0.39 is 10.8 Å². The van der Waals surface area contributed by atoms with Gasteiger partial charge < -0.3 is 5.73 Å². The zero-order chi connectivity index (χ0) is 18.7. The molecule has 0 spiro atoms. The Labute approximate surface area is 160 Å². The summed E-state index contributed by atoms with van der Waals surface area (Å²) in [6, 6.07) is 4.01. The average Bonchev–Trinajstić information content (AvgIpc) is 2.57. The number of nitrogen functional groups attached to an aromatic ring is 1. The summed E-state index contributed by atoms with van der Waals surface area (Å²) >= 11 is 23.1. The van der Waals surface area contributed by atoms with Crippen LogP contribution < -0.4 is 11.2 Å². The number of benzene rings is 1. The van der Waals surface area contributed by atoms with Crippen LogP contribution in [-0.2, 0) is 0 Å². The molecule has 0 aliphatic rings. The Balaban J connectivity index is 2.19. The molecule has 1 amide bonds. The number of nitrogens with zero attached hydrogens (tertiary/aromatic N) is 3. The smallest absolute Gasteiger partial charge is 0.291 e. The molecule has 1 aromatic heterocycles. The number of nitrogens with one attached hydrogen (secondary N) is 1. The van der Waals surface area contributed by atoms with Gasteiger partial charge in [0.05, 0.1) is 21.8 Å². The number of nitrogens with two attached hydrogens (primary N) is 1. The van der Waals surface area contributed by atoms with Crippen LogP contribution in [0.15, 0.2) is 23.3 Å². The van der Waals surface area contributed by atoms with Crippen molar-refractivity contribution in [3.63, 3.8) is 0 Å². The number of hydrogen-bond acceptors (Lipinski definition) is 6. The van der Waals surface area contributed by atoms with E-state index in [4.69, 9.17) is 52.1 Å². The van der Waals surface area contributed by atoms with Gasteiger partial charge in [-0.3, -0.25) is 14.9 Å². The lowest BCUT2D eigenvalue weighted by atomic mass is 10.2. The SMILES string of the molecule is Nc1c(Cl)c(Cl)nc(C(=O)N/N=C/c2ccc(Cl)c([N+](=O)[O-])c2)c1Cl. The van der Waals surface area contributed by atoms with E-state index >= 15 is 0 Å². The molecule has 25 heavy (non-hydrogen) atoms. The third-order valence-corrected chi connectivity index (χ3v) is 4.29. The number of amides is 1. The topological polar surface area (TPSA) is 124 Å². The summed E-state index contributed by atoms with van der Waals surface area (Å²) < 4.78 is 0. The lowest BCUT2D eigenvalue weighted by Gasteiger charge is -2.07. The molecular formula is C13H7Cl4N5O3. The molecule has 0 radical (unpaired) electrons. The molecule has 2 aromatic rings. The monoisotopic (exact) mass is 421 g/mol. The molecule has 0 fully saturated rings. The van der Waals surface area contributed by atoms with E-state index in [1.165, 1.54) is 24.4 Å². The Morgan fingerprint density at radius 3 is 2.60 bits per heavy atom. The van der Waals surface area contributed by atoms with Crippen molar-refractivity contribution in [1.82, 2.24) is 10.4 Å². The Kier molecular flexibility index (Phi) is 6.02. The number of halogens is 4. The summed E-state index contributed by atoms with van der Waals surface area (Å²) in [6.45, 7) is 0. The van der Waals surface area contributed by atoms with Crippen molar-refractivity contribution in [3.8, 4) is 0 Å². The minimum absolute atomic E-state index is 0.0200. The highest BCUT2D eigenvalue weighted by Gasteiger charge is 2.19. The molecule has 0 saturated heterocycles. The Hall–Kier alpha value is -2.13. The van der Waals surface area contributed by atoms with Crippen molar-refractivity contribution in [2.45, 2.75) is 0 Å². The lowest BCUT2D eigenvalue weighted by Crippen LogP contribution is -2.20. The second kappa shape index (κ2) is 7.83. The number of carbonyl (C=O) groups is 1. The molecule has 12 heteroatoms. The first-order valence-electron chi connectivity index (χ1n) is 6.29. The minimum atomic E-state index is -0.796. The highest BCUT2D eigenvalue weighted by Crippen LogP contribution is 2.34. The van der Waals surface area contributed by atoms with Gasteiger partial charge in [0.15, 0.2) is 10.8 Å². The third-order valence-electron chi connectivity index (χ3n) is 2.83. The quantitative estimate of drug-likeness (QED) is 0.334. The maximum Gasteiger partial charge on any atom is 0.291 e. The highest BCUT2D eigenvalue weighted by molar-refractivity contribution is 6.46. The first-order valence-corrected chi connectivity index (χ1v) is 7.81. The molecule has 0 atom stereocenters. The Bertz CT molecular complexity index is 904. The number of anilines is 1. The van der Waals surface area contributed by atoms with Gasteiger partial charge in [-0.2, -0.15) is 5.10 Å². The predicted molar refractivity (Wildman–Crippen MR) is 96.8 cm³/mol. The van der Waals surface area contributed by atoms with E-state index in [-0.39, 0.29) is 37.3 Å². The number of nitro benzene ring substituents is 1. The number of carbonyl (C=O) groups excluding carboxylic acids is 1. The van der Waals surface area contributed by atoms with Crippen LogP contribution in [0.3, 0.4) is 0 Å². The van der Waals surface area contributed by atoms with Gasteiger partial charge in [0.1, 0.15) is 10.0 Å². The van der Waals surface area contributed by atoms with Gasteiger partial charge in [-0.15, -0.1) is 0 Å². The van der Waals surface area contributed by atoms with Crippen LogP contribution in [0, 0.1) is 10.1 Å². The van der Waals surface area contributed by atoms with Crippen LogP contribution in [0.5, 0.6) is 0 Å². The molecule has 2 rings (SSSR count). The summed E-state index contributed by atoms with van der Waals surface area (Å²) in [5.74, 6) is -0.796. The van der Waals surface area contributed by atoms with Crippen LogP contribution >= 0.6 is 46.4 Å². The van der Waals surface area contributed by atoms with E-state index in [0.29, 0.717) is 5.56 Å². The maximum atomic E-state index is 12.0. The molecule has 3 N–H and O–H groups in total. The first kappa shape index (κ1) is 19.2. The van der Waals surface area contributed by atoms with Crippen LogP contribution in [0.2, 0.25) is 20.2 Å². The van der Waals surface area contributed by atoms with Gasteiger partial charge in [-0.25, -0.2) is 10.4 Å². The van der Waals surface area contributed by atoms with Gasteiger partial charge in [0.25, 0.3) is 11.6 Å². The summed E-state index contributed by atoms with van der Waals surface area (Å²) in [7, 11) is 0. The van der Waals surface area contributed by atoms with Gasteiger partial charge in [-0.05, 0) is 6.07 Å². The Morgan fingerprint density at radius 2 is 1.96 bits per heavy atom. The maximum absolute atomic E-state index is 12.0. The number of rotatable bonds is 4. The molecule has 0 saturated carbocycles. The fourth-order valence-corrected chi connectivity index (χ4v) is 2.43. The Morgan fingerprint density at radius 1 is 1.28 bits per heavy atom. The fraction of sp³-hybridized carbons (Fsp3) is 0. The second-order valence-corrected chi connectivity index (χ2v) is 5.98. The van der Waals surface area contributed by atoms with E-state index in [2.05, 4.69) is 15.5 Å². The minimum Gasteiger partial charge on any atom is -0.396 e. The van der Waals surface area contributed by atoms with Gasteiger partial charge in [0, 0.05) is 11.6 Å². The van der Waals surface area contributed by atoms with Gasteiger partial charge in [0.2, 0.25) is 0 Å². The molecule has 0 aliphatic heterocycles. The molecule has 1 aromatic carbocycles. The normalized spacial score (nSPS) is 10.9. The van der Waals surface area contributed by atoms with E-state index in [0.717, 1.165) is 0 Å². The van der Waals surface area contributed by atoms with E-state index in [1.54, 1.807) is 0 Å². The number of nitro groups is 1. The van der Waals surface area contributed by atoms with E-state index in [9.17, 15) is 14.9 Å². The van der Waals surface area contributed by atoms with Crippen molar-refractivity contribution in [2.75, 3.05) is 5.73 Å². The summed E-state index contributed by atoms with van der Waals surface area (Å²) in [5, 5.41) is 14.0. The molecule has 1 heterocycles. The average molecular weight is 423 g/mol. The lowest BCUT2D eigenvalue weighted by molar-refractivity contribution is -0.384. The largest absolute Gasteiger partial charge is 0.396 e. The molecular weight excluding hydrogens is 416 g/mol. The number of pyridine rings is 1. The van der Waals surface area contributed by atoms with Crippen molar-refractivity contribution in [3.05, 3.63) is 59.8 Å². The van der Waals surface area contributed by atoms with Gasteiger partial charge in [-0.1, -0.05) is 52.5 Å². The van der Waals surface area contributed by atoms with Gasteiger partial charge >= 0.3 is 0 Å². The number of hydrazone groups is 1. The first-order chi connectivity index (χ1) is 11.7. The molecule has 0 aliphatic carbocycles. The van der Waals surface area contributed by atoms with Crippen LogP contribution in [0.1, 0.15) is 16.1 Å². The van der Waals surface area contributed by atoms with Crippen LogP contribution in [0.25, 0.3) is 0 Å². The standard InChI is InChI=1S/C13H7Cl4N5O3/c14-6-2-1-5(3-7(6)22(24)25)4-19-21-13(23)11-8(15)10(18)9(16)12(17)20-11/h1-4H,(H2,18,20)(H,21,23)/b19-4+. The molecule has 0 unspecified atom stereocenters. The van der Waals surface area contributed by atoms with Crippen molar-refractivity contribution < 1.29 is 9.72 Å². The molecule has 130 valence electrons. The number of hydrogen-bond donors (Lipinski definition) is 2. The second-order valence-electron chi connectivity index (χ2n) is 4.46. The third kappa shape index (κ3) is 4.29.